The van der Waals surface area contributed by atoms with Crippen molar-refractivity contribution in [3.8, 4) is 0 Å². The molecule has 0 aliphatic carbocycles. The third kappa shape index (κ3) is 6.04. The van der Waals surface area contributed by atoms with Gasteiger partial charge in [-0.1, -0.05) is 73.5 Å². The highest BCUT2D eigenvalue weighted by Gasteiger charge is 2.28. The number of carbonyl (C=O) groups excluding carboxylic acids is 1. The fourth-order valence-electron chi connectivity index (χ4n) is 3.31. The largest absolute Gasteiger partial charge is 0.271 e. The first kappa shape index (κ1) is 25.5. The van der Waals surface area contributed by atoms with Crippen LogP contribution in [-0.4, -0.2) is 27.1 Å². The summed E-state index contributed by atoms with van der Waals surface area (Å²) in [6.45, 7) is 7.35. The molecule has 0 aliphatic heterocycles. The van der Waals surface area contributed by atoms with Gasteiger partial charge in [0.25, 0.3) is 15.9 Å². The van der Waals surface area contributed by atoms with E-state index in [0.717, 1.165) is 15.4 Å². The van der Waals surface area contributed by atoms with Crippen molar-refractivity contribution in [3.63, 3.8) is 0 Å². The van der Waals surface area contributed by atoms with Crippen molar-refractivity contribution in [2.45, 2.75) is 38.5 Å². The Kier molecular flexibility index (Phi) is 8.12. The Labute approximate surface area is 206 Å². The molecule has 0 aromatic heterocycles. The van der Waals surface area contributed by atoms with Gasteiger partial charge in [0.15, 0.2) is 0 Å². The van der Waals surface area contributed by atoms with Crippen LogP contribution in [-0.2, 0) is 14.8 Å². The second-order valence-corrected chi connectivity index (χ2v) is 10.6. The number of carbonyl (C=O) groups is 1. The summed E-state index contributed by atoms with van der Waals surface area (Å²) < 4.78 is 28.0. The Morgan fingerprint density at radius 2 is 1.68 bits per heavy atom. The first-order valence-corrected chi connectivity index (χ1v) is 12.7. The predicted octanol–water partition coefficient (Wildman–Crippen LogP) is 5.43. The maximum Gasteiger partial charge on any atom is 0.264 e. The molecule has 1 N–H and O–H groups in total. The first-order valence-electron chi connectivity index (χ1n) is 10.9. The number of anilines is 1. The van der Waals surface area contributed by atoms with E-state index in [4.69, 9.17) is 11.6 Å². The number of nitrogens with one attached hydrogen (secondary N) is 1. The van der Waals surface area contributed by atoms with Crippen molar-refractivity contribution in [2.24, 2.45) is 5.10 Å². The highest BCUT2D eigenvalue weighted by atomic mass is 35.5. The second kappa shape index (κ2) is 10.8. The number of amides is 1. The van der Waals surface area contributed by atoms with Gasteiger partial charge >= 0.3 is 0 Å². The van der Waals surface area contributed by atoms with E-state index in [9.17, 15) is 13.2 Å². The van der Waals surface area contributed by atoms with Crippen LogP contribution in [0.15, 0.2) is 76.7 Å². The molecule has 1 amide bonds. The van der Waals surface area contributed by atoms with E-state index in [-0.39, 0.29) is 4.90 Å². The molecule has 0 aliphatic rings. The molecule has 0 heterocycles. The van der Waals surface area contributed by atoms with Crippen LogP contribution in [0, 0.1) is 13.8 Å². The van der Waals surface area contributed by atoms with Gasteiger partial charge in [-0.3, -0.25) is 9.10 Å². The van der Waals surface area contributed by atoms with Crippen LogP contribution in [0.25, 0.3) is 0 Å². The average Bonchev–Trinajstić information content (AvgIpc) is 2.80. The highest BCUT2D eigenvalue weighted by Crippen LogP contribution is 2.30. The Hall–Kier alpha value is -3.16. The minimum atomic E-state index is -4.03. The van der Waals surface area contributed by atoms with Gasteiger partial charge < -0.3 is 0 Å². The van der Waals surface area contributed by atoms with Crippen LogP contribution in [0.4, 0.5) is 5.69 Å². The van der Waals surface area contributed by atoms with Crippen molar-refractivity contribution in [3.05, 3.63) is 94.0 Å². The normalized spacial score (nSPS) is 11.7. The molecule has 34 heavy (non-hydrogen) atoms. The molecule has 8 heteroatoms. The number of sulfonamides is 1. The summed E-state index contributed by atoms with van der Waals surface area (Å²) in [6, 6.07) is 19.3. The van der Waals surface area contributed by atoms with Crippen LogP contribution in [0.2, 0.25) is 5.02 Å². The van der Waals surface area contributed by atoms with Crippen LogP contribution >= 0.6 is 11.6 Å². The van der Waals surface area contributed by atoms with E-state index in [0.29, 0.717) is 22.2 Å². The summed E-state index contributed by atoms with van der Waals surface area (Å²) in [5, 5.41) is 4.40. The van der Waals surface area contributed by atoms with Gasteiger partial charge in [-0.2, -0.15) is 5.10 Å². The summed E-state index contributed by atoms with van der Waals surface area (Å²) in [5.41, 5.74) is 6.27. The molecule has 0 saturated carbocycles. The van der Waals surface area contributed by atoms with Gasteiger partial charge in [0, 0.05) is 5.02 Å². The molecule has 0 fully saturated rings. The number of rotatable bonds is 8. The number of hydrogen-bond donors (Lipinski definition) is 1. The molecule has 0 spiro atoms. The van der Waals surface area contributed by atoms with E-state index in [1.807, 2.05) is 31.2 Å². The Bertz CT molecular complexity index is 1290. The lowest BCUT2D eigenvalue weighted by molar-refractivity contribution is -0.119. The van der Waals surface area contributed by atoms with E-state index in [1.165, 1.54) is 23.9 Å². The molecule has 6 nitrogen and oxygen atoms in total. The fourth-order valence-corrected chi connectivity index (χ4v) is 4.96. The van der Waals surface area contributed by atoms with E-state index in [2.05, 4.69) is 24.4 Å². The number of aryl methyl sites for hydroxylation is 1. The minimum Gasteiger partial charge on any atom is -0.271 e. The van der Waals surface area contributed by atoms with Gasteiger partial charge in [0.1, 0.15) is 6.54 Å². The van der Waals surface area contributed by atoms with Crippen molar-refractivity contribution < 1.29 is 13.2 Å². The average molecular weight is 498 g/mol. The molecule has 0 bridgehead atoms. The summed E-state index contributed by atoms with van der Waals surface area (Å²) in [7, 11) is -4.03. The Morgan fingerprint density at radius 1 is 1.03 bits per heavy atom. The van der Waals surface area contributed by atoms with Crippen LogP contribution in [0.5, 0.6) is 0 Å². The lowest BCUT2D eigenvalue weighted by atomic mass is 10.0. The van der Waals surface area contributed by atoms with Crippen molar-refractivity contribution >= 4 is 39.4 Å². The quantitative estimate of drug-likeness (QED) is 0.333. The molecule has 3 aromatic carbocycles. The lowest BCUT2D eigenvalue weighted by Crippen LogP contribution is -2.40. The number of nitrogens with zero attached hydrogens (tertiary/aromatic N) is 2. The SMILES string of the molecule is Cc1ccc(S(=O)(=O)N(CC(=O)N/N=C\c2ccc(C(C)C)cc2)c2cccc(Cl)c2C)cc1. The maximum atomic E-state index is 13.5. The third-order valence-electron chi connectivity index (χ3n) is 5.41. The number of hydrogen-bond acceptors (Lipinski definition) is 4. The smallest absolute Gasteiger partial charge is 0.264 e. The molecule has 178 valence electrons. The molecule has 0 radical (unpaired) electrons. The zero-order valence-corrected chi connectivity index (χ0v) is 21.2. The number of benzene rings is 3. The highest BCUT2D eigenvalue weighted by molar-refractivity contribution is 7.92. The van der Waals surface area contributed by atoms with Crippen LogP contribution in [0.1, 0.15) is 42.0 Å². The molecular weight excluding hydrogens is 470 g/mol. The third-order valence-corrected chi connectivity index (χ3v) is 7.59. The molecule has 0 unspecified atom stereocenters. The van der Waals surface area contributed by atoms with E-state index >= 15 is 0 Å². The number of halogens is 1. The predicted molar refractivity (Wildman–Crippen MR) is 138 cm³/mol. The Balaban J connectivity index is 1.84. The van der Waals surface area contributed by atoms with Gasteiger partial charge in [-0.05, 0) is 60.7 Å². The first-order chi connectivity index (χ1) is 16.1. The Morgan fingerprint density at radius 3 is 2.29 bits per heavy atom. The molecule has 3 aromatic rings. The van der Waals surface area contributed by atoms with Crippen molar-refractivity contribution in [1.29, 1.82) is 0 Å². The summed E-state index contributed by atoms with van der Waals surface area (Å²) >= 11 is 6.25. The maximum absolute atomic E-state index is 13.5. The van der Waals surface area contributed by atoms with Gasteiger partial charge in [0.05, 0.1) is 16.8 Å². The summed E-state index contributed by atoms with van der Waals surface area (Å²) in [6.07, 6.45) is 1.52. The van der Waals surface area contributed by atoms with Gasteiger partial charge in [-0.25, -0.2) is 13.8 Å². The van der Waals surface area contributed by atoms with E-state index < -0.39 is 22.5 Å². The van der Waals surface area contributed by atoms with Crippen LogP contribution in [0.3, 0.4) is 0 Å². The van der Waals surface area contributed by atoms with E-state index in [1.54, 1.807) is 37.3 Å². The number of hydrazone groups is 1. The summed E-state index contributed by atoms with van der Waals surface area (Å²) in [4.78, 5) is 12.8. The fraction of sp³-hybridized carbons (Fsp3) is 0.231. The monoisotopic (exact) mass is 497 g/mol. The second-order valence-electron chi connectivity index (χ2n) is 8.32. The van der Waals surface area contributed by atoms with Crippen LogP contribution < -0.4 is 9.73 Å². The lowest BCUT2D eigenvalue weighted by Gasteiger charge is -2.25. The van der Waals surface area contributed by atoms with Gasteiger partial charge in [0.2, 0.25) is 0 Å². The molecule has 0 saturated heterocycles. The van der Waals surface area contributed by atoms with Gasteiger partial charge in [-0.15, -0.1) is 0 Å². The zero-order valence-electron chi connectivity index (χ0n) is 19.6. The van der Waals surface area contributed by atoms with Crippen molar-refractivity contribution in [1.82, 2.24) is 5.43 Å². The summed E-state index contributed by atoms with van der Waals surface area (Å²) in [5.74, 6) is -0.160. The molecular formula is C26H28ClN3O3S. The minimum absolute atomic E-state index is 0.0824. The standard InChI is InChI=1S/C26H28ClN3O3S/c1-18(2)22-12-10-21(11-13-22)16-28-29-26(31)17-30(25-7-5-6-24(27)20(25)4)34(32,33)23-14-8-19(3)9-15-23/h5-16,18H,17H2,1-4H3,(H,29,31)/b28-16-. The molecule has 3 rings (SSSR count). The van der Waals surface area contributed by atoms with Crippen molar-refractivity contribution in [2.75, 3.05) is 10.8 Å². The molecule has 0 atom stereocenters. The zero-order chi connectivity index (χ0) is 24.9. The topological polar surface area (TPSA) is 78.8 Å².